The second kappa shape index (κ2) is 5.35. The van der Waals surface area contributed by atoms with Gasteiger partial charge in [0.25, 0.3) is 0 Å². The van der Waals surface area contributed by atoms with Crippen LogP contribution in [0.4, 0.5) is 0 Å². The van der Waals surface area contributed by atoms with Crippen LogP contribution in [0, 0.1) is 5.92 Å². The van der Waals surface area contributed by atoms with Crippen molar-refractivity contribution in [3.8, 4) is 0 Å². The van der Waals surface area contributed by atoms with Crippen LogP contribution in [0.3, 0.4) is 0 Å². The van der Waals surface area contributed by atoms with Gasteiger partial charge in [-0.3, -0.25) is 4.79 Å². The molecule has 1 aliphatic rings. The van der Waals surface area contributed by atoms with Crippen LogP contribution >= 0.6 is 0 Å². The van der Waals surface area contributed by atoms with Crippen molar-refractivity contribution in [3.05, 3.63) is 0 Å². The molecule has 0 aromatic rings. The number of nitrogens with one attached hydrogen (secondary N) is 1. The molecule has 0 bridgehead atoms. The van der Waals surface area contributed by atoms with Crippen molar-refractivity contribution in [1.29, 1.82) is 0 Å². The molecule has 1 aliphatic heterocycles. The molecule has 2 unspecified atom stereocenters. The Morgan fingerprint density at radius 2 is 2.07 bits per heavy atom. The Morgan fingerprint density at radius 1 is 1.43 bits per heavy atom. The van der Waals surface area contributed by atoms with E-state index in [2.05, 4.69) is 19.2 Å². The normalized spacial score (nSPS) is 27.1. The molecule has 0 radical (unpaired) electrons. The van der Waals surface area contributed by atoms with E-state index in [9.17, 15) is 4.79 Å². The lowest BCUT2D eigenvalue weighted by Gasteiger charge is -2.18. The van der Waals surface area contributed by atoms with E-state index >= 15 is 0 Å². The van der Waals surface area contributed by atoms with Crippen molar-refractivity contribution in [2.24, 2.45) is 5.92 Å². The minimum atomic E-state index is -0.697. The Bertz CT molecular complexity index is 190. The molecule has 1 saturated heterocycles. The van der Waals surface area contributed by atoms with Crippen LogP contribution in [0.5, 0.6) is 0 Å². The maximum atomic E-state index is 10.7. The van der Waals surface area contributed by atoms with Crippen LogP contribution in [0.1, 0.15) is 46.0 Å². The van der Waals surface area contributed by atoms with Crippen molar-refractivity contribution in [2.45, 2.75) is 58.0 Å². The Kier molecular flexibility index (Phi) is 4.39. The predicted molar refractivity (Wildman–Crippen MR) is 56.3 cm³/mol. The summed E-state index contributed by atoms with van der Waals surface area (Å²) in [5, 5.41) is 12.0. The van der Waals surface area contributed by atoms with Gasteiger partial charge in [-0.1, -0.05) is 26.7 Å². The third-order valence-corrected chi connectivity index (χ3v) is 3.31. The molecule has 3 nitrogen and oxygen atoms in total. The van der Waals surface area contributed by atoms with Gasteiger partial charge in [0.15, 0.2) is 0 Å². The number of rotatable bonds is 5. The van der Waals surface area contributed by atoms with Crippen LogP contribution in [-0.2, 0) is 4.79 Å². The van der Waals surface area contributed by atoms with Crippen molar-refractivity contribution >= 4 is 5.97 Å². The van der Waals surface area contributed by atoms with E-state index in [1.165, 1.54) is 12.8 Å². The fraction of sp³-hybridized carbons (Fsp3) is 0.909. The third kappa shape index (κ3) is 2.98. The molecule has 0 spiro atoms. The smallest absolute Gasteiger partial charge is 0.320 e. The number of carbonyl (C=O) groups is 1. The average molecular weight is 199 g/mol. The van der Waals surface area contributed by atoms with Gasteiger partial charge < -0.3 is 10.4 Å². The Hall–Kier alpha value is -0.570. The summed E-state index contributed by atoms with van der Waals surface area (Å²) in [5.74, 6) is 0.0529. The van der Waals surface area contributed by atoms with E-state index in [4.69, 9.17) is 5.11 Å². The highest BCUT2D eigenvalue weighted by Crippen LogP contribution is 2.22. The fourth-order valence-electron chi connectivity index (χ4n) is 2.22. The number of hydrogen-bond donors (Lipinski definition) is 2. The van der Waals surface area contributed by atoms with E-state index in [-0.39, 0.29) is 6.04 Å². The third-order valence-electron chi connectivity index (χ3n) is 3.31. The molecule has 14 heavy (non-hydrogen) atoms. The molecule has 3 heteroatoms. The summed E-state index contributed by atoms with van der Waals surface area (Å²) in [4.78, 5) is 10.7. The first-order valence-corrected chi connectivity index (χ1v) is 5.66. The number of carboxylic acid groups (broad SMARTS) is 1. The topological polar surface area (TPSA) is 49.3 Å². The molecule has 2 atom stereocenters. The average Bonchev–Trinajstić information content (AvgIpc) is 2.62. The van der Waals surface area contributed by atoms with E-state index in [1.807, 2.05) is 0 Å². The molecule has 0 aromatic carbocycles. The van der Waals surface area contributed by atoms with Crippen LogP contribution in [0.25, 0.3) is 0 Å². The molecule has 2 N–H and O–H groups in total. The Balaban J connectivity index is 2.31. The summed E-state index contributed by atoms with van der Waals surface area (Å²) in [5.41, 5.74) is 0. The molecule has 1 heterocycles. The summed E-state index contributed by atoms with van der Waals surface area (Å²) >= 11 is 0. The minimum absolute atomic E-state index is 0.297. The Morgan fingerprint density at radius 3 is 2.50 bits per heavy atom. The van der Waals surface area contributed by atoms with Gasteiger partial charge in [-0.25, -0.2) is 0 Å². The van der Waals surface area contributed by atoms with Crippen LogP contribution in [-0.4, -0.2) is 23.2 Å². The Labute approximate surface area is 85.9 Å². The second-order valence-corrected chi connectivity index (χ2v) is 4.25. The molecule has 1 rings (SSSR count). The summed E-state index contributed by atoms with van der Waals surface area (Å²) in [6, 6.07) is 0.135. The predicted octanol–water partition coefficient (Wildman–Crippen LogP) is 2.02. The molecule has 0 aliphatic carbocycles. The minimum Gasteiger partial charge on any atom is -0.480 e. The largest absolute Gasteiger partial charge is 0.480 e. The van der Waals surface area contributed by atoms with E-state index in [0.29, 0.717) is 6.04 Å². The van der Waals surface area contributed by atoms with Gasteiger partial charge in [0.1, 0.15) is 6.04 Å². The molecule has 82 valence electrons. The summed E-state index contributed by atoms with van der Waals surface area (Å²) in [7, 11) is 0. The zero-order chi connectivity index (χ0) is 10.6. The lowest BCUT2D eigenvalue weighted by Crippen LogP contribution is -2.36. The van der Waals surface area contributed by atoms with E-state index in [0.717, 1.165) is 25.2 Å². The molecule has 1 fully saturated rings. The number of carboxylic acids is 1. The van der Waals surface area contributed by atoms with Crippen molar-refractivity contribution in [2.75, 3.05) is 0 Å². The zero-order valence-corrected chi connectivity index (χ0v) is 9.12. The highest BCUT2D eigenvalue weighted by atomic mass is 16.4. The molecule has 0 saturated carbocycles. The van der Waals surface area contributed by atoms with Gasteiger partial charge in [0, 0.05) is 6.04 Å². The number of aliphatic carboxylic acids is 1. The summed E-state index contributed by atoms with van der Waals surface area (Å²) in [6.07, 6.45) is 5.35. The van der Waals surface area contributed by atoms with Crippen molar-refractivity contribution < 1.29 is 9.90 Å². The van der Waals surface area contributed by atoms with Crippen LogP contribution in [0.15, 0.2) is 0 Å². The monoisotopic (exact) mass is 199 g/mol. The molecular formula is C11H21NO2. The van der Waals surface area contributed by atoms with Gasteiger partial charge in [0.2, 0.25) is 0 Å². The van der Waals surface area contributed by atoms with Crippen molar-refractivity contribution in [3.63, 3.8) is 0 Å². The summed E-state index contributed by atoms with van der Waals surface area (Å²) in [6.45, 7) is 4.41. The van der Waals surface area contributed by atoms with Gasteiger partial charge in [0.05, 0.1) is 0 Å². The van der Waals surface area contributed by atoms with Gasteiger partial charge >= 0.3 is 5.97 Å². The number of hydrogen-bond acceptors (Lipinski definition) is 2. The SMILES string of the molecule is CCC(CC)CC1CCC(C(=O)O)N1. The molecule has 0 amide bonds. The van der Waals surface area contributed by atoms with Gasteiger partial charge in [-0.05, 0) is 25.2 Å². The summed E-state index contributed by atoms with van der Waals surface area (Å²) < 4.78 is 0. The first kappa shape index (κ1) is 11.5. The highest BCUT2D eigenvalue weighted by Gasteiger charge is 2.29. The quantitative estimate of drug-likeness (QED) is 0.712. The lowest BCUT2D eigenvalue weighted by molar-refractivity contribution is -0.139. The first-order chi connectivity index (χ1) is 6.67. The maximum absolute atomic E-state index is 10.7. The fourth-order valence-corrected chi connectivity index (χ4v) is 2.22. The van der Waals surface area contributed by atoms with Crippen molar-refractivity contribution in [1.82, 2.24) is 5.32 Å². The van der Waals surface area contributed by atoms with Crippen LogP contribution in [0.2, 0.25) is 0 Å². The second-order valence-electron chi connectivity index (χ2n) is 4.25. The van der Waals surface area contributed by atoms with E-state index in [1.54, 1.807) is 0 Å². The molecular weight excluding hydrogens is 178 g/mol. The van der Waals surface area contributed by atoms with Gasteiger partial charge in [-0.2, -0.15) is 0 Å². The molecule has 0 aromatic heterocycles. The van der Waals surface area contributed by atoms with Gasteiger partial charge in [-0.15, -0.1) is 0 Å². The van der Waals surface area contributed by atoms with E-state index < -0.39 is 5.97 Å². The highest BCUT2D eigenvalue weighted by molar-refractivity contribution is 5.73. The van der Waals surface area contributed by atoms with Crippen LogP contribution < -0.4 is 5.32 Å². The standard InChI is InChI=1S/C11H21NO2/c1-3-8(4-2)7-9-5-6-10(12-9)11(13)14/h8-10,12H,3-7H2,1-2H3,(H,13,14). The maximum Gasteiger partial charge on any atom is 0.320 e. The first-order valence-electron chi connectivity index (χ1n) is 5.66. The lowest BCUT2D eigenvalue weighted by atomic mass is 9.94. The zero-order valence-electron chi connectivity index (χ0n) is 9.12.